The van der Waals surface area contributed by atoms with Crippen molar-refractivity contribution in [3.8, 4) is 0 Å². The van der Waals surface area contributed by atoms with Crippen LogP contribution >= 0.6 is 0 Å². The summed E-state index contributed by atoms with van der Waals surface area (Å²) in [4.78, 5) is 38.6. The van der Waals surface area contributed by atoms with Gasteiger partial charge in [0, 0.05) is 34.1 Å². The maximum Gasteiger partial charge on any atom is 0.332 e. The van der Waals surface area contributed by atoms with Crippen molar-refractivity contribution in [2.75, 3.05) is 11.9 Å². The number of rotatable bonds is 5. The number of aliphatic carboxylic acids is 1. The van der Waals surface area contributed by atoms with E-state index in [4.69, 9.17) is 5.11 Å². The largest absolute Gasteiger partial charge is 0.481 e. The monoisotopic (exact) mass is 295 g/mol. The maximum atomic E-state index is 12.1. The standard InChI is InChI=1S/C12H17N5O4/c1-15-9-8(10(20)17(3)12(21)16(9)2)14-11(15)13-6-4-5-7(18)19/h4-6H2,1-3H3,(H,13,14)(H,18,19). The minimum Gasteiger partial charge on any atom is -0.481 e. The molecule has 9 heteroatoms. The molecule has 0 spiro atoms. The molecule has 0 saturated heterocycles. The molecule has 0 unspecified atom stereocenters. The summed E-state index contributed by atoms with van der Waals surface area (Å²) in [5.74, 6) is -0.438. The zero-order valence-corrected chi connectivity index (χ0v) is 12.1. The molecule has 0 bridgehead atoms. The number of carboxylic acids is 1. The number of nitrogens with one attached hydrogen (secondary N) is 1. The third-order valence-electron chi connectivity index (χ3n) is 3.31. The van der Waals surface area contributed by atoms with E-state index >= 15 is 0 Å². The topological polar surface area (TPSA) is 111 Å². The van der Waals surface area contributed by atoms with E-state index in [-0.39, 0.29) is 11.9 Å². The first-order valence-corrected chi connectivity index (χ1v) is 6.42. The number of aromatic nitrogens is 4. The van der Waals surface area contributed by atoms with Crippen molar-refractivity contribution in [2.24, 2.45) is 21.1 Å². The van der Waals surface area contributed by atoms with Gasteiger partial charge in [0.2, 0.25) is 5.95 Å². The van der Waals surface area contributed by atoms with Crippen LogP contribution in [0.3, 0.4) is 0 Å². The van der Waals surface area contributed by atoms with E-state index in [1.165, 1.54) is 11.6 Å². The SMILES string of the molecule is Cn1c(=O)c2nc(NCCCC(=O)O)n(C)c2n(C)c1=O. The molecular weight excluding hydrogens is 278 g/mol. The first kappa shape index (κ1) is 14.8. The fourth-order valence-electron chi connectivity index (χ4n) is 2.18. The highest BCUT2D eigenvalue weighted by atomic mass is 16.4. The molecule has 2 aromatic rings. The fourth-order valence-corrected chi connectivity index (χ4v) is 2.18. The Hall–Kier alpha value is -2.58. The van der Waals surface area contributed by atoms with E-state index in [1.54, 1.807) is 18.7 Å². The number of fused-ring (bicyclic) bond motifs is 1. The van der Waals surface area contributed by atoms with Crippen molar-refractivity contribution in [1.82, 2.24) is 18.7 Å². The molecule has 0 aliphatic rings. The third kappa shape index (κ3) is 2.54. The zero-order valence-electron chi connectivity index (χ0n) is 12.1. The molecule has 2 N–H and O–H groups in total. The van der Waals surface area contributed by atoms with Gasteiger partial charge in [-0.1, -0.05) is 0 Å². The summed E-state index contributed by atoms with van der Waals surface area (Å²) >= 11 is 0. The van der Waals surface area contributed by atoms with Crippen LogP contribution in [0.5, 0.6) is 0 Å². The summed E-state index contributed by atoms with van der Waals surface area (Å²) in [6, 6.07) is 0. The molecule has 0 atom stereocenters. The van der Waals surface area contributed by atoms with Crippen molar-refractivity contribution >= 4 is 23.1 Å². The van der Waals surface area contributed by atoms with E-state index in [2.05, 4.69) is 10.3 Å². The highest BCUT2D eigenvalue weighted by Crippen LogP contribution is 2.13. The van der Waals surface area contributed by atoms with Gasteiger partial charge in [0.25, 0.3) is 5.56 Å². The predicted molar refractivity (Wildman–Crippen MR) is 76.6 cm³/mol. The minimum atomic E-state index is -0.863. The molecule has 0 aromatic carbocycles. The van der Waals surface area contributed by atoms with Crippen LogP contribution in [0.25, 0.3) is 11.2 Å². The number of anilines is 1. The van der Waals surface area contributed by atoms with E-state index in [0.717, 1.165) is 4.57 Å². The molecule has 2 heterocycles. The van der Waals surface area contributed by atoms with Crippen molar-refractivity contribution < 1.29 is 9.90 Å². The molecule has 0 aliphatic carbocycles. The lowest BCUT2D eigenvalue weighted by Gasteiger charge is -2.07. The van der Waals surface area contributed by atoms with Crippen molar-refractivity contribution in [3.63, 3.8) is 0 Å². The first-order chi connectivity index (χ1) is 9.84. The Morgan fingerprint density at radius 3 is 2.48 bits per heavy atom. The van der Waals surface area contributed by atoms with Gasteiger partial charge in [0.15, 0.2) is 11.2 Å². The molecular formula is C12H17N5O4. The van der Waals surface area contributed by atoms with Crippen LogP contribution < -0.4 is 16.6 Å². The lowest BCUT2D eigenvalue weighted by molar-refractivity contribution is -0.137. The van der Waals surface area contributed by atoms with Crippen molar-refractivity contribution in [2.45, 2.75) is 12.8 Å². The van der Waals surface area contributed by atoms with Gasteiger partial charge in [-0.15, -0.1) is 0 Å². The minimum absolute atomic E-state index is 0.0528. The second-order valence-electron chi connectivity index (χ2n) is 4.80. The van der Waals surface area contributed by atoms with E-state index < -0.39 is 17.2 Å². The zero-order chi connectivity index (χ0) is 15.7. The number of aryl methyl sites for hydroxylation is 2. The normalized spacial score (nSPS) is 11.0. The molecule has 0 fully saturated rings. The molecule has 21 heavy (non-hydrogen) atoms. The Labute approximate surface area is 119 Å². The summed E-state index contributed by atoms with van der Waals surface area (Å²) in [5, 5.41) is 11.6. The predicted octanol–water partition coefficient (Wildman–Crippen LogP) is -0.753. The fraction of sp³-hybridized carbons (Fsp3) is 0.500. The lowest BCUT2D eigenvalue weighted by Crippen LogP contribution is -2.37. The van der Waals surface area contributed by atoms with E-state index in [9.17, 15) is 14.4 Å². The number of carboxylic acid groups (broad SMARTS) is 1. The van der Waals surface area contributed by atoms with Gasteiger partial charge < -0.3 is 10.4 Å². The van der Waals surface area contributed by atoms with Gasteiger partial charge in [-0.2, -0.15) is 0 Å². The van der Waals surface area contributed by atoms with Crippen LogP contribution in [0.4, 0.5) is 5.95 Å². The van der Waals surface area contributed by atoms with Crippen molar-refractivity contribution in [1.29, 1.82) is 0 Å². The summed E-state index contributed by atoms with van der Waals surface area (Å²) in [7, 11) is 4.66. The van der Waals surface area contributed by atoms with Gasteiger partial charge in [0.05, 0.1) is 0 Å². The quantitative estimate of drug-likeness (QED) is 0.702. The Morgan fingerprint density at radius 2 is 1.86 bits per heavy atom. The number of carbonyl (C=O) groups is 1. The average molecular weight is 295 g/mol. The molecule has 2 rings (SSSR count). The Bertz CT molecular complexity index is 814. The van der Waals surface area contributed by atoms with Crippen molar-refractivity contribution in [3.05, 3.63) is 20.8 Å². The highest BCUT2D eigenvalue weighted by Gasteiger charge is 2.16. The smallest absolute Gasteiger partial charge is 0.332 e. The number of imidazole rings is 1. The average Bonchev–Trinajstić information content (AvgIpc) is 2.76. The van der Waals surface area contributed by atoms with Crippen LogP contribution in [0.15, 0.2) is 9.59 Å². The second-order valence-corrected chi connectivity index (χ2v) is 4.80. The van der Waals surface area contributed by atoms with Gasteiger partial charge in [-0.25, -0.2) is 9.78 Å². The van der Waals surface area contributed by atoms with Gasteiger partial charge in [-0.3, -0.25) is 23.3 Å². The molecule has 114 valence electrons. The van der Waals surface area contributed by atoms with Crippen LogP contribution in [0.2, 0.25) is 0 Å². The Morgan fingerprint density at radius 1 is 1.19 bits per heavy atom. The molecule has 2 aromatic heterocycles. The highest BCUT2D eigenvalue weighted by molar-refractivity contribution is 5.74. The summed E-state index contributed by atoms with van der Waals surface area (Å²) < 4.78 is 3.97. The van der Waals surface area contributed by atoms with Gasteiger partial charge >= 0.3 is 11.7 Å². The number of nitrogens with zero attached hydrogens (tertiary/aromatic N) is 4. The molecule has 0 aliphatic heterocycles. The van der Waals surface area contributed by atoms with Crippen LogP contribution in [0.1, 0.15) is 12.8 Å². The summed E-state index contributed by atoms with van der Waals surface area (Å²) in [6.07, 6.45) is 0.493. The molecule has 9 nitrogen and oxygen atoms in total. The number of hydrogen-bond acceptors (Lipinski definition) is 5. The molecule has 0 amide bonds. The number of hydrogen-bond donors (Lipinski definition) is 2. The Balaban J connectivity index is 2.40. The second kappa shape index (κ2) is 5.43. The van der Waals surface area contributed by atoms with Crippen LogP contribution in [-0.2, 0) is 25.9 Å². The molecule has 0 radical (unpaired) electrons. The first-order valence-electron chi connectivity index (χ1n) is 6.42. The third-order valence-corrected chi connectivity index (χ3v) is 3.31. The van der Waals surface area contributed by atoms with Gasteiger partial charge in [0.1, 0.15) is 0 Å². The summed E-state index contributed by atoms with van der Waals surface area (Å²) in [6.45, 7) is 0.414. The Kier molecular flexibility index (Phi) is 3.83. The molecule has 0 saturated carbocycles. The van der Waals surface area contributed by atoms with E-state index in [0.29, 0.717) is 24.6 Å². The van der Waals surface area contributed by atoms with Crippen LogP contribution in [0, 0.1) is 0 Å². The lowest BCUT2D eigenvalue weighted by atomic mass is 10.3. The van der Waals surface area contributed by atoms with E-state index in [1.807, 2.05) is 0 Å². The van der Waals surface area contributed by atoms with Crippen LogP contribution in [-0.4, -0.2) is 36.3 Å². The summed E-state index contributed by atoms with van der Waals surface area (Å²) in [5.41, 5.74) is -0.262. The maximum absolute atomic E-state index is 12.1. The van der Waals surface area contributed by atoms with Gasteiger partial charge in [-0.05, 0) is 6.42 Å².